The number of rotatable bonds is 4. The summed E-state index contributed by atoms with van der Waals surface area (Å²) in [6.45, 7) is 4.89. The van der Waals surface area contributed by atoms with Crippen molar-refractivity contribution in [3.8, 4) is 0 Å². The first kappa shape index (κ1) is 10.7. The molecule has 0 amide bonds. The van der Waals surface area contributed by atoms with E-state index in [1.807, 2.05) is 6.07 Å². The molecular formula is C12H19NO2. The summed E-state index contributed by atoms with van der Waals surface area (Å²) >= 11 is 0. The molecule has 84 valence electrons. The van der Waals surface area contributed by atoms with E-state index in [2.05, 4.69) is 13.8 Å². The zero-order valence-electron chi connectivity index (χ0n) is 9.67. The van der Waals surface area contributed by atoms with Crippen molar-refractivity contribution in [2.75, 3.05) is 7.11 Å². The highest BCUT2D eigenvalue weighted by Gasteiger charge is 2.54. The predicted molar refractivity (Wildman–Crippen MR) is 58.6 cm³/mol. The van der Waals surface area contributed by atoms with Crippen LogP contribution in [0.2, 0.25) is 0 Å². The molecule has 3 nitrogen and oxygen atoms in total. The molecular weight excluding hydrogens is 190 g/mol. The van der Waals surface area contributed by atoms with E-state index >= 15 is 0 Å². The van der Waals surface area contributed by atoms with Crippen LogP contribution >= 0.6 is 0 Å². The summed E-state index contributed by atoms with van der Waals surface area (Å²) in [4.78, 5) is 0. The van der Waals surface area contributed by atoms with Crippen LogP contribution in [-0.4, -0.2) is 12.6 Å². The van der Waals surface area contributed by atoms with Gasteiger partial charge in [-0.1, -0.05) is 13.8 Å². The quantitative estimate of drug-likeness (QED) is 0.827. The molecule has 0 aliphatic heterocycles. The van der Waals surface area contributed by atoms with Gasteiger partial charge in [-0.15, -0.1) is 0 Å². The van der Waals surface area contributed by atoms with E-state index < -0.39 is 0 Å². The molecule has 0 radical (unpaired) electrons. The largest absolute Gasteiger partial charge is 0.468 e. The highest BCUT2D eigenvalue weighted by atomic mass is 16.5. The maximum atomic E-state index is 6.28. The van der Waals surface area contributed by atoms with Crippen molar-refractivity contribution in [3.05, 3.63) is 23.7 Å². The van der Waals surface area contributed by atoms with Gasteiger partial charge in [0.2, 0.25) is 0 Å². The molecule has 0 saturated heterocycles. The molecule has 2 rings (SSSR count). The highest BCUT2D eigenvalue weighted by molar-refractivity contribution is 5.31. The lowest BCUT2D eigenvalue weighted by Gasteiger charge is -2.30. The Labute approximate surface area is 90.6 Å². The molecule has 1 fully saturated rings. The van der Waals surface area contributed by atoms with E-state index in [4.69, 9.17) is 14.9 Å². The molecule has 1 heterocycles. The summed E-state index contributed by atoms with van der Waals surface area (Å²) in [7, 11) is 1.69. The number of furan rings is 1. The van der Waals surface area contributed by atoms with Gasteiger partial charge in [-0.25, -0.2) is 0 Å². The van der Waals surface area contributed by atoms with Crippen LogP contribution in [0.15, 0.2) is 16.7 Å². The van der Waals surface area contributed by atoms with E-state index in [0.29, 0.717) is 6.61 Å². The SMILES string of the molecule is COCc1ccoc1C(C)(C)C1(N)CC1. The van der Waals surface area contributed by atoms with E-state index in [0.717, 1.165) is 24.2 Å². The fourth-order valence-corrected chi connectivity index (χ4v) is 2.14. The summed E-state index contributed by atoms with van der Waals surface area (Å²) < 4.78 is 10.7. The average molecular weight is 209 g/mol. The average Bonchev–Trinajstić information content (AvgIpc) is 2.78. The molecule has 1 aliphatic rings. The lowest BCUT2D eigenvalue weighted by atomic mass is 9.78. The monoisotopic (exact) mass is 209 g/mol. The molecule has 0 atom stereocenters. The smallest absolute Gasteiger partial charge is 0.116 e. The minimum Gasteiger partial charge on any atom is -0.468 e. The Morgan fingerprint density at radius 3 is 2.73 bits per heavy atom. The molecule has 1 aromatic heterocycles. The molecule has 0 bridgehead atoms. The van der Waals surface area contributed by atoms with Gasteiger partial charge < -0.3 is 14.9 Å². The van der Waals surface area contributed by atoms with E-state index in [-0.39, 0.29) is 11.0 Å². The van der Waals surface area contributed by atoms with E-state index in [1.54, 1.807) is 13.4 Å². The molecule has 3 heteroatoms. The topological polar surface area (TPSA) is 48.4 Å². The van der Waals surface area contributed by atoms with Crippen molar-refractivity contribution in [2.45, 2.75) is 44.2 Å². The van der Waals surface area contributed by atoms with Crippen molar-refractivity contribution >= 4 is 0 Å². The van der Waals surface area contributed by atoms with Gasteiger partial charge in [-0.3, -0.25) is 0 Å². The second-order valence-corrected chi connectivity index (χ2v) is 4.99. The first-order valence-electron chi connectivity index (χ1n) is 5.36. The third kappa shape index (κ3) is 1.60. The van der Waals surface area contributed by atoms with Crippen molar-refractivity contribution in [1.29, 1.82) is 0 Å². The Morgan fingerprint density at radius 2 is 2.20 bits per heavy atom. The van der Waals surface area contributed by atoms with Crippen molar-refractivity contribution in [2.24, 2.45) is 5.73 Å². The van der Waals surface area contributed by atoms with E-state index in [9.17, 15) is 0 Å². The Balaban J connectivity index is 2.31. The lowest BCUT2D eigenvalue weighted by molar-refractivity contribution is 0.179. The summed E-state index contributed by atoms with van der Waals surface area (Å²) in [6.07, 6.45) is 3.87. The zero-order valence-corrected chi connectivity index (χ0v) is 9.67. The molecule has 1 aliphatic carbocycles. The Bertz CT molecular complexity index is 350. The van der Waals surface area contributed by atoms with Gasteiger partial charge >= 0.3 is 0 Å². The molecule has 1 saturated carbocycles. The maximum absolute atomic E-state index is 6.28. The minimum atomic E-state index is -0.107. The second-order valence-electron chi connectivity index (χ2n) is 4.99. The van der Waals surface area contributed by atoms with Crippen LogP contribution < -0.4 is 5.73 Å². The fourth-order valence-electron chi connectivity index (χ4n) is 2.14. The van der Waals surface area contributed by atoms with Gasteiger partial charge in [0.05, 0.1) is 12.9 Å². The van der Waals surface area contributed by atoms with E-state index in [1.165, 1.54) is 0 Å². The summed E-state index contributed by atoms with van der Waals surface area (Å²) in [5.41, 5.74) is 7.19. The number of hydrogen-bond acceptors (Lipinski definition) is 3. The molecule has 0 unspecified atom stereocenters. The Kier molecular flexibility index (Phi) is 2.40. The van der Waals surface area contributed by atoms with Crippen molar-refractivity contribution in [3.63, 3.8) is 0 Å². The van der Waals surface area contributed by atoms with Crippen LogP contribution in [0.5, 0.6) is 0 Å². The molecule has 0 aromatic carbocycles. The van der Waals surface area contributed by atoms with Gasteiger partial charge in [-0.05, 0) is 18.9 Å². The van der Waals surface area contributed by atoms with Gasteiger partial charge in [-0.2, -0.15) is 0 Å². The predicted octanol–water partition coefficient (Wildman–Crippen LogP) is 2.19. The minimum absolute atomic E-state index is 0.0899. The fraction of sp³-hybridized carbons (Fsp3) is 0.667. The third-order valence-electron chi connectivity index (χ3n) is 3.65. The Morgan fingerprint density at radius 1 is 1.53 bits per heavy atom. The first-order chi connectivity index (χ1) is 7.01. The lowest BCUT2D eigenvalue weighted by Crippen LogP contribution is -2.43. The summed E-state index contributed by atoms with van der Waals surface area (Å²) in [6, 6.07) is 1.96. The van der Waals surface area contributed by atoms with Gasteiger partial charge in [0.1, 0.15) is 5.76 Å². The standard InChI is InChI=1S/C12H19NO2/c1-11(2,12(13)5-6-12)10-9(8-14-3)4-7-15-10/h4,7H,5-6,8,13H2,1-3H3. The molecule has 1 aromatic rings. The molecule has 15 heavy (non-hydrogen) atoms. The first-order valence-corrected chi connectivity index (χ1v) is 5.36. The van der Waals surface area contributed by atoms with Crippen LogP contribution in [0.4, 0.5) is 0 Å². The Hall–Kier alpha value is -0.800. The number of nitrogens with two attached hydrogens (primary N) is 1. The number of methoxy groups -OCH3 is 1. The van der Waals surface area contributed by atoms with Crippen LogP contribution in [0.1, 0.15) is 38.0 Å². The van der Waals surface area contributed by atoms with Crippen LogP contribution in [-0.2, 0) is 16.8 Å². The van der Waals surface area contributed by atoms with Gasteiger partial charge in [0.15, 0.2) is 0 Å². The highest BCUT2D eigenvalue weighted by Crippen LogP contribution is 2.50. The molecule has 0 spiro atoms. The van der Waals surface area contributed by atoms with Crippen molar-refractivity contribution in [1.82, 2.24) is 0 Å². The van der Waals surface area contributed by atoms with Crippen molar-refractivity contribution < 1.29 is 9.15 Å². The summed E-state index contributed by atoms with van der Waals surface area (Å²) in [5, 5.41) is 0. The molecule has 2 N–H and O–H groups in total. The maximum Gasteiger partial charge on any atom is 0.116 e. The van der Waals surface area contributed by atoms with Gasteiger partial charge in [0, 0.05) is 23.6 Å². The zero-order chi connectivity index (χ0) is 11.1. The number of hydrogen-bond donors (Lipinski definition) is 1. The summed E-state index contributed by atoms with van der Waals surface area (Å²) in [5.74, 6) is 0.976. The van der Waals surface area contributed by atoms with Crippen LogP contribution in [0.25, 0.3) is 0 Å². The van der Waals surface area contributed by atoms with Crippen LogP contribution in [0, 0.1) is 0 Å². The second kappa shape index (κ2) is 3.35. The normalized spacial score (nSPS) is 19.2. The third-order valence-corrected chi connectivity index (χ3v) is 3.65. The number of ether oxygens (including phenoxy) is 1. The van der Waals surface area contributed by atoms with Crippen LogP contribution in [0.3, 0.4) is 0 Å². The van der Waals surface area contributed by atoms with Gasteiger partial charge in [0.25, 0.3) is 0 Å².